The van der Waals surface area contributed by atoms with E-state index in [4.69, 9.17) is 23.2 Å². The van der Waals surface area contributed by atoms with Gasteiger partial charge in [-0.2, -0.15) is 0 Å². The van der Waals surface area contributed by atoms with Crippen molar-refractivity contribution >= 4 is 35.1 Å². The summed E-state index contributed by atoms with van der Waals surface area (Å²) in [5.74, 6) is 0.456. The van der Waals surface area contributed by atoms with Crippen LogP contribution in [0.2, 0.25) is 10.0 Å². The zero-order chi connectivity index (χ0) is 17.5. The van der Waals surface area contributed by atoms with Crippen molar-refractivity contribution in [1.82, 2.24) is 10.2 Å². The van der Waals surface area contributed by atoms with Gasteiger partial charge in [0.25, 0.3) is 5.91 Å². The minimum atomic E-state index is -1.15. The highest BCUT2D eigenvalue weighted by atomic mass is 35.5. The summed E-state index contributed by atoms with van der Waals surface area (Å²) in [7, 11) is 0. The van der Waals surface area contributed by atoms with Gasteiger partial charge in [0.15, 0.2) is 6.67 Å². The quantitative estimate of drug-likeness (QED) is 0.799. The number of likely N-dealkylation sites (tertiary alicyclic amines) is 1. The molecule has 0 bridgehead atoms. The molecular weight excluding hydrogens is 349 g/mol. The van der Waals surface area contributed by atoms with Crippen molar-refractivity contribution in [1.29, 1.82) is 0 Å². The lowest BCUT2D eigenvalue weighted by atomic mass is 9.92. The number of imide groups is 1. The fourth-order valence-electron chi connectivity index (χ4n) is 3.47. The fourth-order valence-corrected chi connectivity index (χ4v) is 4.07. The number of urea groups is 1. The van der Waals surface area contributed by atoms with Gasteiger partial charge in [0.1, 0.15) is 5.54 Å². The second-order valence-electron chi connectivity index (χ2n) is 7.00. The number of amides is 3. The van der Waals surface area contributed by atoms with Gasteiger partial charge >= 0.3 is 6.03 Å². The Labute approximate surface area is 151 Å². The van der Waals surface area contributed by atoms with Gasteiger partial charge in [-0.25, -0.2) is 9.69 Å². The molecule has 24 heavy (non-hydrogen) atoms. The monoisotopic (exact) mass is 370 g/mol. The maximum atomic E-state index is 13.0. The average Bonchev–Trinajstić information content (AvgIpc) is 2.73. The van der Waals surface area contributed by atoms with E-state index >= 15 is 0 Å². The van der Waals surface area contributed by atoms with Gasteiger partial charge < -0.3 is 10.2 Å². The number of benzene rings is 1. The van der Waals surface area contributed by atoms with Crippen molar-refractivity contribution in [3.63, 3.8) is 0 Å². The smallest absolute Gasteiger partial charge is 0.319 e. The minimum absolute atomic E-state index is 0.261. The maximum absolute atomic E-state index is 13.0. The molecule has 0 aromatic heterocycles. The zero-order valence-corrected chi connectivity index (χ0v) is 15.4. The maximum Gasteiger partial charge on any atom is 0.329 e. The number of rotatable bonds is 3. The van der Waals surface area contributed by atoms with Crippen LogP contribution >= 0.6 is 23.2 Å². The molecule has 5 nitrogen and oxygen atoms in total. The Balaban J connectivity index is 1.80. The second-order valence-corrected chi connectivity index (χ2v) is 7.85. The van der Waals surface area contributed by atoms with Crippen LogP contribution < -0.4 is 10.2 Å². The molecule has 2 heterocycles. The van der Waals surface area contributed by atoms with Gasteiger partial charge in [-0.1, -0.05) is 36.2 Å². The molecule has 0 unspecified atom stereocenters. The number of nitrogens with zero attached hydrogens (tertiary/aromatic N) is 1. The average molecular weight is 371 g/mol. The van der Waals surface area contributed by atoms with Crippen LogP contribution in [0, 0.1) is 5.92 Å². The highest BCUT2D eigenvalue weighted by Gasteiger charge is 2.51. The number of halogens is 2. The number of carbonyl (C=O) groups excluding carboxylic acids is 2. The molecule has 0 radical (unpaired) electrons. The molecule has 2 saturated heterocycles. The Kier molecular flexibility index (Phi) is 4.78. The molecule has 3 amide bonds. The largest absolute Gasteiger partial charge is 0.329 e. The Morgan fingerprint density at radius 1 is 1.29 bits per heavy atom. The summed E-state index contributed by atoms with van der Waals surface area (Å²) in [5, 5.41) is 3.67. The molecule has 0 aliphatic carbocycles. The lowest BCUT2D eigenvalue weighted by Gasteiger charge is -2.30. The Bertz CT molecular complexity index is 674. The number of hydrogen-bond donors (Lipinski definition) is 2. The van der Waals surface area contributed by atoms with Crippen molar-refractivity contribution in [2.75, 3.05) is 19.8 Å². The summed E-state index contributed by atoms with van der Waals surface area (Å²) in [4.78, 5) is 27.9. The molecule has 1 aromatic rings. The van der Waals surface area contributed by atoms with Gasteiger partial charge in [-0.15, -0.1) is 0 Å². The number of hydrogen-bond acceptors (Lipinski definition) is 2. The van der Waals surface area contributed by atoms with Gasteiger partial charge in [-0.05, 0) is 37.8 Å². The summed E-state index contributed by atoms with van der Waals surface area (Å²) in [6, 6.07) is 4.60. The molecule has 2 aliphatic heterocycles. The number of nitrogens with one attached hydrogen (secondary N) is 2. The highest BCUT2D eigenvalue weighted by molar-refractivity contribution is 6.35. The standard InChI is InChI=1S/C17H21Cl2N3O2/c1-11-5-7-21(8-6-11)10-22-15(23)17(2,20-16(22)24)13-4-3-12(18)9-14(13)19/h3-4,9,11H,5-8,10H2,1-2H3,(H,20,24)/p+1/t17-/m0/s1. The lowest BCUT2D eigenvalue weighted by molar-refractivity contribution is -0.913. The van der Waals surface area contributed by atoms with Crippen LogP contribution in [0.4, 0.5) is 4.79 Å². The molecule has 1 atom stereocenters. The molecule has 2 aliphatic rings. The van der Waals surface area contributed by atoms with E-state index in [1.165, 1.54) is 9.80 Å². The van der Waals surface area contributed by atoms with E-state index in [0.29, 0.717) is 22.3 Å². The van der Waals surface area contributed by atoms with Crippen LogP contribution in [0.15, 0.2) is 18.2 Å². The van der Waals surface area contributed by atoms with Gasteiger partial charge in [0, 0.05) is 15.6 Å². The summed E-state index contributed by atoms with van der Waals surface area (Å²) < 4.78 is 0. The highest BCUT2D eigenvalue weighted by Crippen LogP contribution is 2.34. The lowest BCUT2D eigenvalue weighted by Crippen LogP contribution is -3.14. The first-order chi connectivity index (χ1) is 11.3. The Hall–Kier alpha value is -1.30. The van der Waals surface area contributed by atoms with E-state index in [1.807, 2.05) is 0 Å². The molecule has 0 spiro atoms. The molecular formula is C17H22Cl2N3O2+. The van der Waals surface area contributed by atoms with Crippen molar-refractivity contribution in [3.8, 4) is 0 Å². The van der Waals surface area contributed by atoms with E-state index in [1.54, 1.807) is 25.1 Å². The third-order valence-electron chi connectivity index (χ3n) is 5.11. The van der Waals surface area contributed by atoms with Crippen LogP contribution in [0.25, 0.3) is 0 Å². The van der Waals surface area contributed by atoms with Crippen LogP contribution in [-0.4, -0.2) is 36.6 Å². The van der Waals surface area contributed by atoms with Crippen molar-refractivity contribution in [3.05, 3.63) is 33.8 Å². The van der Waals surface area contributed by atoms with E-state index in [0.717, 1.165) is 31.8 Å². The molecule has 3 rings (SSSR count). The van der Waals surface area contributed by atoms with E-state index in [-0.39, 0.29) is 11.9 Å². The predicted molar refractivity (Wildman–Crippen MR) is 93.2 cm³/mol. The SMILES string of the molecule is CC1CC[NH+](CN2C(=O)N[C@@](C)(c3ccc(Cl)cc3Cl)C2=O)CC1. The van der Waals surface area contributed by atoms with Gasteiger partial charge in [-0.3, -0.25) is 4.79 Å². The summed E-state index contributed by atoms with van der Waals surface area (Å²) in [5.41, 5.74) is -0.585. The third kappa shape index (κ3) is 3.13. The first kappa shape index (κ1) is 17.5. The molecule has 0 saturated carbocycles. The van der Waals surface area contributed by atoms with Gasteiger partial charge in [0.05, 0.1) is 13.1 Å². The summed E-state index contributed by atoms with van der Waals surface area (Å²) >= 11 is 12.2. The van der Waals surface area contributed by atoms with Crippen molar-refractivity contribution in [2.45, 2.75) is 32.2 Å². The third-order valence-corrected chi connectivity index (χ3v) is 5.66. The molecule has 7 heteroatoms. The van der Waals surface area contributed by atoms with Gasteiger partial charge in [0.2, 0.25) is 0 Å². The molecule has 2 fully saturated rings. The topological polar surface area (TPSA) is 53.9 Å². The normalized spacial score (nSPS) is 30.6. The molecule has 1 aromatic carbocycles. The van der Waals surface area contributed by atoms with Crippen LogP contribution in [0.3, 0.4) is 0 Å². The molecule has 130 valence electrons. The number of quaternary nitrogens is 1. The Morgan fingerprint density at radius 2 is 1.96 bits per heavy atom. The fraction of sp³-hybridized carbons (Fsp3) is 0.529. The zero-order valence-electron chi connectivity index (χ0n) is 13.9. The first-order valence-corrected chi connectivity index (χ1v) is 9.00. The van der Waals surface area contributed by atoms with E-state index < -0.39 is 5.54 Å². The first-order valence-electron chi connectivity index (χ1n) is 8.24. The number of carbonyl (C=O) groups is 2. The Morgan fingerprint density at radius 3 is 2.58 bits per heavy atom. The predicted octanol–water partition coefficient (Wildman–Crippen LogP) is 2.03. The van der Waals surface area contributed by atoms with Crippen LogP contribution in [0.5, 0.6) is 0 Å². The van der Waals surface area contributed by atoms with E-state index in [9.17, 15) is 9.59 Å². The van der Waals surface area contributed by atoms with Crippen molar-refractivity contribution < 1.29 is 14.5 Å². The number of piperidine rings is 1. The van der Waals surface area contributed by atoms with E-state index in [2.05, 4.69) is 12.2 Å². The summed E-state index contributed by atoms with van der Waals surface area (Å²) in [6.45, 7) is 6.30. The summed E-state index contributed by atoms with van der Waals surface area (Å²) in [6.07, 6.45) is 2.25. The van der Waals surface area contributed by atoms with Crippen LogP contribution in [0.1, 0.15) is 32.3 Å². The van der Waals surface area contributed by atoms with Crippen LogP contribution in [-0.2, 0) is 10.3 Å². The second kappa shape index (κ2) is 6.54. The minimum Gasteiger partial charge on any atom is -0.319 e. The molecule has 2 N–H and O–H groups in total. The van der Waals surface area contributed by atoms with Crippen molar-refractivity contribution in [2.24, 2.45) is 5.92 Å².